The average Bonchev–Trinajstić information content (AvgIpc) is 3.67. The molecule has 10 aromatic rings. The summed E-state index contributed by atoms with van der Waals surface area (Å²) in [4.78, 5) is 8.03. The Labute approximate surface area is 290 Å². The number of hydrogen-bond donors (Lipinski definition) is 0. The first-order chi connectivity index (χ1) is 24.3. The summed E-state index contributed by atoms with van der Waals surface area (Å²) in [6.07, 6.45) is 4.46. The highest BCUT2D eigenvalue weighted by Gasteiger charge is 2.19. The lowest BCUT2D eigenvalue weighted by Gasteiger charge is -2.12. The number of fused-ring (bicyclic) bond motifs is 13. The number of rotatable bonds is 2. The van der Waals surface area contributed by atoms with E-state index in [2.05, 4.69) is 162 Å². The molecule has 0 saturated heterocycles. The summed E-state index contributed by atoms with van der Waals surface area (Å²) in [6.45, 7) is 0. The molecule has 0 aliphatic carbocycles. The normalized spacial score (nSPS) is 12.7. The van der Waals surface area contributed by atoms with E-state index >= 15 is 0 Å². The van der Waals surface area contributed by atoms with E-state index in [0.29, 0.717) is 0 Å². The van der Waals surface area contributed by atoms with Gasteiger partial charge in [-0.3, -0.25) is 4.40 Å². The molecule has 228 valence electrons. The maximum Gasteiger partial charge on any atom is 0.156 e. The fourth-order valence-corrected chi connectivity index (χ4v) is 9.83. The van der Waals surface area contributed by atoms with Crippen LogP contribution in [0.1, 0.15) is 11.1 Å². The van der Waals surface area contributed by atoms with Crippen molar-refractivity contribution < 1.29 is 0 Å². The highest BCUT2D eigenvalue weighted by molar-refractivity contribution is 7.99. The van der Waals surface area contributed by atoms with Gasteiger partial charge in [-0.2, -0.15) is 0 Å². The van der Waals surface area contributed by atoms with E-state index in [1.165, 1.54) is 79.3 Å². The van der Waals surface area contributed by atoms with Crippen LogP contribution in [0.15, 0.2) is 155 Å². The Balaban J connectivity index is 1.11. The molecule has 2 nitrogen and oxygen atoms in total. The molecule has 0 unspecified atom stereocenters. The van der Waals surface area contributed by atoms with Crippen LogP contribution in [0.25, 0.3) is 92.9 Å². The maximum absolute atomic E-state index is 5.46. The van der Waals surface area contributed by atoms with E-state index in [0.717, 1.165) is 22.4 Å². The van der Waals surface area contributed by atoms with Crippen molar-refractivity contribution in [1.82, 2.24) is 9.38 Å². The molecule has 4 heterocycles. The molecule has 0 bridgehead atoms. The summed E-state index contributed by atoms with van der Waals surface area (Å²) in [6, 6.07) is 53.3. The minimum Gasteiger partial charge on any atom is -0.291 e. The Bertz CT molecular complexity index is 3020. The van der Waals surface area contributed by atoms with Gasteiger partial charge in [0.15, 0.2) is 5.65 Å². The zero-order chi connectivity index (χ0) is 32.1. The molecule has 3 aromatic heterocycles. The minimum atomic E-state index is 1.02. The quantitative estimate of drug-likeness (QED) is 0.172. The molecule has 7 aromatic carbocycles. The van der Waals surface area contributed by atoms with Crippen molar-refractivity contribution in [2.75, 3.05) is 0 Å². The molecule has 1 aliphatic rings. The number of imidazole rings is 1. The van der Waals surface area contributed by atoms with Crippen molar-refractivity contribution in [3.8, 4) is 22.4 Å². The number of benzene rings is 7. The molecule has 0 fully saturated rings. The monoisotopic (exact) mass is 658 g/mol. The molecule has 49 heavy (non-hydrogen) atoms. The van der Waals surface area contributed by atoms with Gasteiger partial charge in [0.2, 0.25) is 0 Å². The summed E-state index contributed by atoms with van der Waals surface area (Å²) < 4.78 is 4.90. The Morgan fingerprint density at radius 3 is 2.14 bits per heavy atom. The largest absolute Gasteiger partial charge is 0.291 e. The number of pyridine rings is 1. The first kappa shape index (κ1) is 27.3. The highest BCUT2D eigenvalue weighted by atomic mass is 32.2. The molecule has 0 spiro atoms. The van der Waals surface area contributed by atoms with Gasteiger partial charge in [-0.05, 0) is 74.3 Å². The molecular formula is C45H26N2S2. The number of nitrogens with zero attached hydrogens (tertiary/aromatic N) is 2. The molecule has 0 saturated carbocycles. The van der Waals surface area contributed by atoms with Crippen LogP contribution in [0.3, 0.4) is 0 Å². The van der Waals surface area contributed by atoms with Crippen molar-refractivity contribution in [1.29, 1.82) is 0 Å². The van der Waals surface area contributed by atoms with Gasteiger partial charge in [-0.15, -0.1) is 11.3 Å². The Morgan fingerprint density at radius 1 is 0.490 bits per heavy atom. The van der Waals surface area contributed by atoms with Crippen molar-refractivity contribution >= 4 is 93.6 Å². The predicted molar refractivity (Wildman–Crippen MR) is 211 cm³/mol. The van der Waals surface area contributed by atoms with Crippen LogP contribution in [-0.4, -0.2) is 9.38 Å². The zero-order valence-corrected chi connectivity index (χ0v) is 27.9. The van der Waals surface area contributed by atoms with Gasteiger partial charge in [0.1, 0.15) is 0 Å². The topological polar surface area (TPSA) is 17.3 Å². The van der Waals surface area contributed by atoms with E-state index in [1.807, 2.05) is 23.1 Å². The highest BCUT2D eigenvalue weighted by Crippen LogP contribution is 2.43. The first-order valence-electron chi connectivity index (χ1n) is 16.5. The summed E-state index contributed by atoms with van der Waals surface area (Å²) in [5, 5.41) is 7.48. The van der Waals surface area contributed by atoms with Gasteiger partial charge in [-0.25, -0.2) is 4.98 Å². The number of thiophene rings is 1. The Morgan fingerprint density at radius 2 is 1.22 bits per heavy atom. The van der Waals surface area contributed by atoms with Crippen LogP contribution >= 0.6 is 23.1 Å². The molecule has 4 heteroatoms. The fourth-order valence-electron chi connectivity index (χ4n) is 7.60. The molecule has 1 aliphatic heterocycles. The molecule has 0 amide bonds. The molecule has 0 atom stereocenters. The molecule has 11 rings (SSSR count). The van der Waals surface area contributed by atoms with E-state index in [-0.39, 0.29) is 0 Å². The zero-order valence-electron chi connectivity index (χ0n) is 26.2. The van der Waals surface area contributed by atoms with Crippen LogP contribution in [0.5, 0.6) is 0 Å². The van der Waals surface area contributed by atoms with Gasteiger partial charge < -0.3 is 0 Å². The molecular weight excluding hydrogens is 633 g/mol. The van der Waals surface area contributed by atoms with E-state index in [9.17, 15) is 0 Å². The van der Waals surface area contributed by atoms with Crippen molar-refractivity contribution in [2.24, 2.45) is 0 Å². The van der Waals surface area contributed by atoms with Crippen molar-refractivity contribution in [3.05, 3.63) is 157 Å². The lowest BCUT2D eigenvalue weighted by Crippen LogP contribution is -1.93. The van der Waals surface area contributed by atoms with E-state index < -0.39 is 0 Å². The van der Waals surface area contributed by atoms with Crippen molar-refractivity contribution in [3.63, 3.8) is 0 Å². The second-order valence-electron chi connectivity index (χ2n) is 12.8. The van der Waals surface area contributed by atoms with Gasteiger partial charge in [-0.1, -0.05) is 139 Å². The summed E-state index contributed by atoms with van der Waals surface area (Å²) >= 11 is 3.68. The van der Waals surface area contributed by atoms with Crippen LogP contribution in [0.4, 0.5) is 0 Å². The molecule has 0 N–H and O–H groups in total. The predicted octanol–water partition coefficient (Wildman–Crippen LogP) is 13.1. The lowest BCUT2D eigenvalue weighted by atomic mass is 10.00. The van der Waals surface area contributed by atoms with Gasteiger partial charge >= 0.3 is 0 Å². The van der Waals surface area contributed by atoms with Crippen LogP contribution in [0, 0.1) is 0 Å². The van der Waals surface area contributed by atoms with Crippen LogP contribution in [-0.2, 0) is 0 Å². The van der Waals surface area contributed by atoms with Gasteiger partial charge in [0.25, 0.3) is 0 Å². The van der Waals surface area contributed by atoms with Crippen molar-refractivity contribution in [2.45, 2.75) is 9.79 Å². The SMILES string of the molecule is C1=Cc2ccc(-c3ccc(-c4cc5c6ccccc6sc5c5nc6c7ccc8ccccc8c7ccc6n45)cc3)cc2Sc2ccccc21. The third kappa shape index (κ3) is 4.11. The first-order valence-corrected chi connectivity index (χ1v) is 18.2. The van der Waals surface area contributed by atoms with Gasteiger partial charge in [0, 0.05) is 30.6 Å². The van der Waals surface area contributed by atoms with Crippen LogP contribution < -0.4 is 0 Å². The maximum atomic E-state index is 5.46. The average molecular weight is 659 g/mol. The third-order valence-electron chi connectivity index (χ3n) is 10.0. The standard InChI is InChI=1S/C45H26N2S2/c1-3-9-33-28(7-1)21-22-36-34(33)23-24-38-43(36)46-45-44-37(35-10-4-6-12-41(35)49-44)26-39(47(38)45)29-15-13-27(14-16-29)32-20-19-31-18-17-30-8-2-5-11-40(30)48-42(31)25-32/h1-26H. The fraction of sp³-hybridized carbons (Fsp3) is 0. The van der Waals surface area contributed by atoms with Crippen LogP contribution in [0.2, 0.25) is 0 Å². The van der Waals surface area contributed by atoms with E-state index in [1.54, 1.807) is 0 Å². The lowest BCUT2D eigenvalue weighted by molar-refractivity contribution is 1.25. The summed E-state index contributed by atoms with van der Waals surface area (Å²) in [5.41, 5.74) is 10.5. The summed E-state index contributed by atoms with van der Waals surface area (Å²) in [7, 11) is 0. The summed E-state index contributed by atoms with van der Waals surface area (Å²) in [5.74, 6) is 0. The van der Waals surface area contributed by atoms with E-state index in [4.69, 9.17) is 4.98 Å². The Kier molecular flexibility index (Phi) is 5.80. The van der Waals surface area contributed by atoms with Gasteiger partial charge in [0.05, 0.1) is 21.4 Å². The second-order valence-corrected chi connectivity index (χ2v) is 14.9. The number of aromatic nitrogens is 2. The third-order valence-corrected chi connectivity index (χ3v) is 12.4. The Hall–Kier alpha value is -5.68. The second kappa shape index (κ2) is 10.4. The smallest absolute Gasteiger partial charge is 0.156 e. The number of hydrogen-bond acceptors (Lipinski definition) is 3. The molecule has 0 radical (unpaired) electrons. The minimum absolute atomic E-state index is 1.02.